The van der Waals surface area contributed by atoms with E-state index in [1.165, 1.54) is 11.8 Å². The largest absolute Gasteiger partial charge is 0.352 e. The van der Waals surface area contributed by atoms with Crippen LogP contribution < -0.4 is 10.6 Å². The molecule has 0 radical (unpaired) electrons. The first kappa shape index (κ1) is 18.2. The molecule has 128 valence electrons. The summed E-state index contributed by atoms with van der Waals surface area (Å²) in [5, 5.41) is 6.53. The Bertz CT molecular complexity index is 727. The molecule has 2 N–H and O–H groups in total. The normalized spacial score (nSPS) is 11.2. The highest BCUT2D eigenvalue weighted by molar-refractivity contribution is 7.98. The molecule has 0 spiro atoms. The summed E-state index contributed by atoms with van der Waals surface area (Å²) < 4.78 is 0. The molecule has 0 aromatic carbocycles. The van der Waals surface area contributed by atoms with Gasteiger partial charge in [-0.2, -0.15) is 0 Å². The van der Waals surface area contributed by atoms with Crippen LogP contribution in [0.4, 0.5) is 11.6 Å². The van der Waals surface area contributed by atoms with Crippen molar-refractivity contribution in [3.8, 4) is 0 Å². The Balaban J connectivity index is 2.39. The molecule has 0 unspecified atom stereocenters. The quantitative estimate of drug-likeness (QED) is 0.639. The summed E-state index contributed by atoms with van der Waals surface area (Å²) in [7, 11) is 0. The van der Waals surface area contributed by atoms with Crippen molar-refractivity contribution in [1.82, 2.24) is 20.3 Å². The number of amides is 1. The molecule has 24 heavy (non-hydrogen) atoms. The van der Waals surface area contributed by atoms with Crippen LogP contribution in [0, 0.1) is 0 Å². The minimum absolute atomic E-state index is 0.0593. The fourth-order valence-corrected chi connectivity index (χ4v) is 2.37. The second-order valence-electron chi connectivity index (χ2n) is 6.26. The van der Waals surface area contributed by atoms with Gasteiger partial charge in [0.2, 0.25) is 0 Å². The summed E-state index contributed by atoms with van der Waals surface area (Å²) in [5.74, 6) is 0.900. The number of thioether (sulfide) groups is 1. The van der Waals surface area contributed by atoms with E-state index in [2.05, 4.69) is 46.4 Å². The zero-order chi connectivity index (χ0) is 17.7. The van der Waals surface area contributed by atoms with Crippen molar-refractivity contribution in [3.63, 3.8) is 0 Å². The summed E-state index contributed by atoms with van der Waals surface area (Å²) in [6, 6.07) is 5.79. The van der Waals surface area contributed by atoms with Gasteiger partial charge in [-0.15, -0.1) is 0 Å². The van der Waals surface area contributed by atoms with Crippen LogP contribution in [0.2, 0.25) is 0 Å². The van der Waals surface area contributed by atoms with Gasteiger partial charge in [-0.1, -0.05) is 38.6 Å². The van der Waals surface area contributed by atoms with Crippen molar-refractivity contribution < 1.29 is 4.79 Å². The monoisotopic (exact) mass is 345 g/mol. The maximum Gasteiger partial charge on any atom is 0.256 e. The van der Waals surface area contributed by atoms with Crippen molar-refractivity contribution in [3.05, 3.63) is 35.7 Å². The highest BCUT2D eigenvalue weighted by atomic mass is 32.2. The lowest BCUT2D eigenvalue weighted by atomic mass is 9.92. The van der Waals surface area contributed by atoms with Crippen LogP contribution in [0.5, 0.6) is 0 Å². The van der Waals surface area contributed by atoms with Crippen molar-refractivity contribution in [2.75, 3.05) is 18.1 Å². The van der Waals surface area contributed by atoms with Crippen LogP contribution >= 0.6 is 11.8 Å². The molecule has 2 aromatic rings. The van der Waals surface area contributed by atoms with E-state index in [9.17, 15) is 4.79 Å². The highest BCUT2D eigenvalue weighted by Gasteiger charge is 2.18. The zero-order valence-electron chi connectivity index (χ0n) is 14.7. The van der Waals surface area contributed by atoms with E-state index < -0.39 is 0 Å². The average molecular weight is 345 g/mol. The van der Waals surface area contributed by atoms with E-state index in [0.29, 0.717) is 28.9 Å². The summed E-state index contributed by atoms with van der Waals surface area (Å²) >= 11 is 1.42. The minimum atomic E-state index is -0.209. The predicted molar refractivity (Wildman–Crippen MR) is 98.0 cm³/mol. The van der Waals surface area contributed by atoms with Crippen LogP contribution in [0.1, 0.15) is 43.7 Å². The van der Waals surface area contributed by atoms with Crippen LogP contribution in [-0.2, 0) is 5.41 Å². The molecule has 2 aromatic heterocycles. The van der Waals surface area contributed by atoms with Gasteiger partial charge in [0.05, 0.1) is 0 Å². The fraction of sp³-hybridized carbons (Fsp3) is 0.412. The van der Waals surface area contributed by atoms with Gasteiger partial charge in [-0.05, 0) is 25.3 Å². The summed E-state index contributed by atoms with van der Waals surface area (Å²) in [5.41, 5.74) is 1.31. The Morgan fingerprint density at radius 1 is 1.25 bits per heavy atom. The number of carbonyl (C=O) groups is 1. The van der Waals surface area contributed by atoms with Crippen LogP contribution in [0.25, 0.3) is 0 Å². The van der Waals surface area contributed by atoms with Gasteiger partial charge in [0, 0.05) is 23.9 Å². The molecule has 0 fully saturated rings. The molecule has 0 atom stereocenters. The van der Waals surface area contributed by atoms with Gasteiger partial charge in [0.25, 0.3) is 5.91 Å². The van der Waals surface area contributed by atoms with Crippen LogP contribution in [0.15, 0.2) is 29.6 Å². The lowest BCUT2D eigenvalue weighted by Crippen LogP contribution is -2.24. The maximum atomic E-state index is 12.2. The van der Waals surface area contributed by atoms with E-state index in [1.807, 2.05) is 31.4 Å². The van der Waals surface area contributed by atoms with Crippen LogP contribution in [-0.4, -0.2) is 33.7 Å². The van der Waals surface area contributed by atoms with Gasteiger partial charge >= 0.3 is 0 Å². The zero-order valence-corrected chi connectivity index (χ0v) is 15.5. The molecule has 2 heterocycles. The highest BCUT2D eigenvalue weighted by Crippen LogP contribution is 2.24. The number of pyridine rings is 1. The third-order valence-corrected chi connectivity index (χ3v) is 3.86. The van der Waals surface area contributed by atoms with E-state index >= 15 is 0 Å². The molecule has 0 aliphatic rings. The van der Waals surface area contributed by atoms with Gasteiger partial charge < -0.3 is 10.6 Å². The first-order valence-electron chi connectivity index (χ1n) is 7.79. The van der Waals surface area contributed by atoms with E-state index in [0.717, 1.165) is 5.69 Å². The first-order chi connectivity index (χ1) is 11.3. The number of carbonyl (C=O) groups excluding carboxylic acids is 1. The van der Waals surface area contributed by atoms with Gasteiger partial charge in [0.1, 0.15) is 17.2 Å². The fourth-order valence-electron chi connectivity index (χ4n) is 2.02. The number of nitrogens with one attached hydrogen (secondary N) is 2. The number of hydrogen-bond acceptors (Lipinski definition) is 6. The Morgan fingerprint density at radius 2 is 2.00 bits per heavy atom. The molecule has 2 rings (SSSR count). The van der Waals surface area contributed by atoms with Crippen LogP contribution in [0.3, 0.4) is 0 Å². The Labute approximate surface area is 146 Å². The topological polar surface area (TPSA) is 79.8 Å². The van der Waals surface area contributed by atoms with E-state index in [-0.39, 0.29) is 11.3 Å². The van der Waals surface area contributed by atoms with Gasteiger partial charge in [0.15, 0.2) is 5.16 Å². The maximum absolute atomic E-state index is 12.2. The lowest BCUT2D eigenvalue weighted by Gasteiger charge is -2.19. The number of hydrogen-bond donors (Lipinski definition) is 2. The molecule has 1 amide bonds. The molecule has 0 bridgehead atoms. The van der Waals surface area contributed by atoms with Gasteiger partial charge in [-0.3, -0.25) is 4.79 Å². The number of nitrogens with zero attached hydrogens (tertiary/aromatic N) is 3. The van der Waals surface area contributed by atoms with Gasteiger partial charge in [-0.25, -0.2) is 15.0 Å². The second-order valence-corrected chi connectivity index (χ2v) is 7.03. The molecule has 0 aliphatic carbocycles. The number of rotatable bonds is 5. The molecular formula is C17H23N5OS. The Hall–Kier alpha value is -2.15. The Morgan fingerprint density at radius 3 is 2.62 bits per heavy atom. The summed E-state index contributed by atoms with van der Waals surface area (Å²) in [6.45, 7) is 8.73. The third kappa shape index (κ3) is 4.44. The van der Waals surface area contributed by atoms with Crippen molar-refractivity contribution in [2.45, 2.75) is 38.3 Å². The third-order valence-electron chi connectivity index (χ3n) is 3.30. The first-order valence-corrected chi connectivity index (χ1v) is 9.01. The minimum Gasteiger partial charge on any atom is -0.352 e. The number of aromatic nitrogens is 3. The number of anilines is 2. The second kappa shape index (κ2) is 7.61. The SMILES string of the molecule is CCNC(=O)c1cnc(SC)nc1Nc1cccc(C(C)(C)C)n1. The van der Waals surface area contributed by atoms with Crippen molar-refractivity contribution >= 4 is 29.3 Å². The lowest BCUT2D eigenvalue weighted by molar-refractivity contribution is 0.0956. The van der Waals surface area contributed by atoms with Crippen molar-refractivity contribution in [2.24, 2.45) is 0 Å². The summed E-state index contributed by atoms with van der Waals surface area (Å²) in [6.07, 6.45) is 3.43. The predicted octanol–water partition coefficient (Wildman–Crippen LogP) is 3.38. The van der Waals surface area contributed by atoms with E-state index in [4.69, 9.17) is 0 Å². The van der Waals surface area contributed by atoms with E-state index in [1.54, 1.807) is 6.20 Å². The molecule has 0 saturated heterocycles. The Kier molecular flexibility index (Phi) is 5.77. The molecule has 7 heteroatoms. The van der Waals surface area contributed by atoms with Crippen molar-refractivity contribution in [1.29, 1.82) is 0 Å². The summed E-state index contributed by atoms with van der Waals surface area (Å²) in [4.78, 5) is 25.5. The standard InChI is InChI=1S/C17H23N5OS/c1-6-18-15(23)11-10-19-16(24-5)22-14(11)21-13-9-7-8-12(20-13)17(2,3)4/h7-10H,6H2,1-5H3,(H,18,23)(H,19,20,21,22). The average Bonchev–Trinajstić information content (AvgIpc) is 2.54. The molecular weight excluding hydrogens is 322 g/mol. The molecule has 0 saturated carbocycles. The molecule has 6 nitrogen and oxygen atoms in total. The smallest absolute Gasteiger partial charge is 0.256 e. The molecule has 0 aliphatic heterocycles.